The summed E-state index contributed by atoms with van der Waals surface area (Å²) in [6, 6.07) is 10.5. The predicted octanol–water partition coefficient (Wildman–Crippen LogP) is 4.73. The van der Waals surface area contributed by atoms with Crippen LogP contribution in [0.25, 0.3) is 0 Å². The largest absolute Gasteiger partial charge is 0.320 e. The van der Waals surface area contributed by atoms with Crippen molar-refractivity contribution in [1.29, 1.82) is 0 Å². The van der Waals surface area contributed by atoms with E-state index in [1.807, 2.05) is 11.5 Å². The molecule has 1 aromatic carbocycles. The number of carbonyl (C=O) groups excluding carboxylic acids is 1. The van der Waals surface area contributed by atoms with Gasteiger partial charge in [0.1, 0.15) is 0 Å². The van der Waals surface area contributed by atoms with Crippen LogP contribution in [0.1, 0.15) is 68.8 Å². The second-order valence-corrected chi connectivity index (χ2v) is 7.33. The molecule has 0 fully saturated rings. The number of aryl methyl sites for hydroxylation is 2. The van der Waals surface area contributed by atoms with E-state index in [4.69, 9.17) is 0 Å². The fraction of sp³-hybridized carbons (Fsp3) is 0.455. The molecule has 0 saturated heterocycles. The van der Waals surface area contributed by atoms with E-state index in [1.54, 1.807) is 0 Å². The number of rotatable bonds is 6. The third-order valence-electron chi connectivity index (χ3n) is 4.67. The average molecular weight is 340 g/mol. The number of pyridine rings is 1. The van der Waals surface area contributed by atoms with Crippen LogP contribution < -0.4 is 9.88 Å². The van der Waals surface area contributed by atoms with Gasteiger partial charge in [-0.05, 0) is 35.4 Å². The van der Waals surface area contributed by atoms with Crippen molar-refractivity contribution >= 4 is 11.6 Å². The van der Waals surface area contributed by atoms with Crippen molar-refractivity contribution in [2.45, 2.75) is 66.3 Å². The number of hydrogen-bond acceptors (Lipinski definition) is 1. The molecule has 2 aromatic rings. The Balaban J connectivity index is 2.29. The lowest BCUT2D eigenvalue weighted by Gasteiger charge is -2.19. The summed E-state index contributed by atoms with van der Waals surface area (Å²) in [7, 11) is 0. The Kier molecular flexibility index (Phi) is 6.35. The zero-order valence-corrected chi connectivity index (χ0v) is 16.4. The van der Waals surface area contributed by atoms with E-state index in [1.165, 1.54) is 16.7 Å². The summed E-state index contributed by atoms with van der Waals surface area (Å²) >= 11 is 0. The van der Waals surface area contributed by atoms with Crippen LogP contribution in [0.2, 0.25) is 0 Å². The highest BCUT2D eigenvalue weighted by Crippen LogP contribution is 2.32. The Morgan fingerprint density at radius 2 is 1.64 bits per heavy atom. The number of anilines is 1. The molecule has 1 heterocycles. The number of hydrogen-bond donors (Lipinski definition) is 1. The Hall–Kier alpha value is -2.16. The van der Waals surface area contributed by atoms with Crippen LogP contribution in [0.15, 0.2) is 36.5 Å². The second-order valence-electron chi connectivity index (χ2n) is 7.33. The van der Waals surface area contributed by atoms with E-state index in [0.717, 1.165) is 17.8 Å². The Morgan fingerprint density at radius 1 is 1.04 bits per heavy atom. The lowest BCUT2D eigenvalue weighted by atomic mass is 9.92. The first-order valence-corrected chi connectivity index (χ1v) is 9.25. The van der Waals surface area contributed by atoms with Gasteiger partial charge in [-0.15, -0.1) is 0 Å². The van der Waals surface area contributed by atoms with Crippen molar-refractivity contribution in [1.82, 2.24) is 0 Å². The Morgan fingerprint density at radius 3 is 2.16 bits per heavy atom. The molecule has 3 nitrogen and oxygen atoms in total. The molecule has 0 spiro atoms. The lowest BCUT2D eigenvalue weighted by molar-refractivity contribution is -0.690. The highest BCUT2D eigenvalue weighted by Gasteiger charge is 2.19. The third-order valence-corrected chi connectivity index (χ3v) is 4.67. The van der Waals surface area contributed by atoms with E-state index < -0.39 is 0 Å². The number of nitrogens with one attached hydrogen (secondary N) is 1. The molecule has 0 bridgehead atoms. The van der Waals surface area contributed by atoms with Crippen LogP contribution in [0.4, 0.5) is 5.69 Å². The van der Waals surface area contributed by atoms with E-state index in [2.05, 4.69) is 76.5 Å². The van der Waals surface area contributed by atoms with Gasteiger partial charge in [0, 0.05) is 24.2 Å². The monoisotopic (exact) mass is 339 g/mol. The summed E-state index contributed by atoms with van der Waals surface area (Å²) in [6.07, 6.45) is 3.04. The smallest absolute Gasteiger partial charge is 0.290 e. The van der Waals surface area contributed by atoms with Gasteiger partial charge in [0.2, 0.25) is 6.54 Å². The first-order chi connectivity index (χ1) is 11.8. The van der Waals surface area contributed by atoms with Crippen LogP contribution in [0.5, 0.6) is 0 Å². The minimum Gasteiger partial charge on any atom is -0.320 e. The van der Waals surface area contributed by atoms with Gasteiger partial charge in [-0.1, -0.05) is 52.8 Å². The summed E-state index contributed by atoms with van der Waals surface area (Å²) in [5, 5.41) is 3.20. The maximum Gasteiger partial charge on any atom is 0.290 e. The zero-order valence-electron chi connectivity index (χ0n) is 16.4. The minimum absolute atomic E-state index is 0.0244. The van der Waals surface area contributed by atoms with Crippen molar-refractivity contribution in [2.24, 2.45) is 0 Å². The van der Waals surface area contributed by atoms with Gasteiger partial charge >= 0.3 is 0 Å². The second kappa shape index (κ2) is 8.28. The highest BCUT2D eigenvalue weighted by atomic mass is 16.1. The van der Waals surface area contributed by atoms with Crippen molar-refractivity contribution < 1.29 is 9.36 Å². The van der Waals surface area contributed by atoms with E-state index >= 15 is 0 Å². The maximum absolute atomic E-state index is 12.8. The number of aromatic nitrogens is 1. The van der Waals surface area contributed by atoms with Gasteiger partial charge in [0.15, 0.2) is 11.9 Å². The summed E-state index contributed by atoms with van der Waals surface area (Å²) in [5.74, 6) is 0.759. The van der Waals surface area contributed by atoms with Gasteiger partial charge in [0.25, 0.3) is 5.91 Å². The van der Waals surface area contributed by atoms with Gasteiger partial charge in [0.05, 0.1) is 0 Å². The minimum atomic E-state index is 0.0244. The molecule has 0 atom stereocenters. The van der Waals surface area contributed by atoms with Crippen molar-refractivity contribution in [3.05, 3.63) is 58.9 Å². The fourth-order valence-electron chi connectivity index (χ4n) is 3.08. The quantitative estimate of drug-likeness (QED) is 0.758. The SMILES string of the molecule is CCc1ccc(C)[n+](CC(=O)Nc2c(C(C)C)cccc2C(C)C)c1. The van der Waals surface area contributed by atoms with Gasteiger partial charge in [-0.2, -0.15) is 4.57 Å². The van der Waals surface area contributed by atoms with Gasteiger partial charge in [-0.3, -0.25) is 4.79 Å². The number of benzene rings is 1. The summed E-state index contributed by atoms with van der Waals surface area (Å²) in [4.78, 5) is 12.8. The average Bonchev–Trinajstić information content (AvgIpc) is 2.56. The van der Waals surface area contributed by atoms with Crippen LogP contribution in [0, 0.1) is 6.92 Å². The van der Waals surface area contributed by atoms with Crippen LogP contribution in [-0.2, 0) is 17.8 Å². The molecular formula is C22H31N2O+. The Bertz CT molecular complexity index is 721. The number of amides is 1. The van der Waals surface area contributed by atoms with E-state index in [0.29, 0.717) is 18.4 Å². The highest BCUT2D eigenvalue weighted by molar-refractivity contribution is 5.91. The molecule has 0 aliphatic heterocycles. The number of para-hydroxylation sites is 1. The topological polar surface area (TPSA) is 33.0 Å². The molecule has 0 saturated carbocycles. The molecule has 1 N–H and O–H groups in total. The number of nitrogens with zero attached hydrogens (tertiary/aromatic N) is 1. The van der Waals surface area contributed by atoms with Crippen molar-refractivity contribution in [2.75, 3.05) is 5.32 Å². The predicted molar refractivity (Wildman–Crippen MR) is 104 cm³/mol. The van der Waals surface area contributed by atoms with Crippen molar-refractivity contribution in [3.8, 4) is 0 Å². The van der Waals surface area contributed by atoms with E-state index in [-0.39, 0.29) is 5.91 Å². The molecule has 3 heteroatoms. The summed E-state index contributed by atoms with van der Waals surface area (Å²) in [5.41, 5.74) is 5.71. The molecule has 0 aliphatic carbocycles. The van der Waals surface area contributed by atoms with Gasteiger partial charge in [-0.25, -0.2) is 0 Å². The van der Waals surface area contributed by atoms with Gasteiger partial charge < -0.3 is 5.32 Å². The summed E-state index contributed by atoms with van der Waals surface area (Å²) < 4.78 is 2.03. The first-order valence-electron chi connectivity index (χ1n) is 9.25. The molecule has 1 aromatic heterocycles. The standard InChI is InChI=1S/C22H30N2O/c1-7-18-12-11-17(6)24(13-18)14-21(25)23-22-19(15(2)3)9-8-10-20(22)16(4)5/h8-13,15-16H,7,14H2,1-6H3/p+1. The van der Waals surface area contributed by atoms with Crippen LogP contribution in [0.3, 0.4) is 0 Å². The first kappa shape index (κ1) is 19.2. The molecule has 25 heavy (non-hydrogen) atoms. The molecule has 2 rings (SSSR count). The molecule has 0 radical (unpaired) electrons. The Labute approximate surface area is 152 Å². The van der Waals surface area contributed by atoms with Crippen LogP contribution in [-0.4, -0.2) is 5.91 Å². The molecule has 1 amide bonds. The van der Waals surface area contributed by atoms with E-state index in [9.17, 15) is 4.79 Å². The molecule has 134 valence electrons. The maximum atomic E-state index is 12.8. The molecule has 0 unspecified atom stereocenters. The lowest BCUT2D eigenvalue weighted by Crippen LogP contribution is -2.43. The number of carbonyl (C=O) groups is 1. The molecular weight excluding hydrogens is 308 g/mol. The summed E-state index contributed by atoms with van der Waals surface area (Å²) in [6.45, 7) is 13.2. The normalized spacial score (nSPS) is 11.2. The van der Waals surface area contributed by atoms with Crippen molar-refractivity contribution in [3.63, 3.8) is 0 Å². The zero-order chi connectivity index (χ0) is 18.6. The van der Waals surface area contributed by atoms with Crippen LogP contribution >= 0.6 is 0 Å². The fourth-order valence-corrected chi connectivity index (χ4v) is 3.08. The third kappa shape index (κ3) is 4.68. The molecule has 0 aliphatic rings.